The Labute approximate surface area is 119 Å². The number of hydrogen-bond acceptors (Lipinski definition) is 2. The fourth-order valence-electron chi connectivity index (χ4n) is 2.20. The molecule has 0 aliphatic heterocycles. The van der Waals surface area contributed by atoms with Gasteiger partial charge in [-0.1, -0.05) is 45.0 Å². The minimum Gasteiger partial charge on any atom is -0.383 e. The molecule has 0 radical (unpaired) electrons. The predicted molar refractivity (Wildman–Crippen MR) is 82.7 cm³/mol. The molecule has 102 valence electrons. The third-order valence-electron chi connectivity index (χ3n) is 3.24. The highest BCUT2D eigenvalue weighted by atomic mass is 32.1. The summed E-state index contributed by atoms with van der Waals surface area (Å²) in [7, 11) is 0. The highest BCUT2D eigenvalue weighted by Crippen LogP contribution is 2.29. The Hall–Kier alpha value is -1.12. The molecule has 1 aromatic carbocycles. The topological polar surface area (TPSA) is 20.2 Å². The van der Waals surface area contributed by atoms with Crippen molar-refractivity contribution in [2.24, 2.45) is 5.92 Å². The maximum Gasteiger partial charge on any atom is 0.113 e. The largest absolute Gasteiger partial charge is 0.383 e. The van der Waals surface area contributed by atoms with E-state index in [1.807, 2.05) is 18.2 Å². The lowest BCUT2D eigenvalue weighted by atomic mass is 10.00. The SMILES string of the molecule is CCc1ccc(C(O)c2ccc(CC(C)C)cc2)s1. The number of hydrogen-bond donors (Lipinski definition) is 1. The van der Waals surface area contributed by atoms with Crippen molar-refractivity contribution >= 4 is 11.3 Å². The fourth-order valence-corrected chi connectivity index (χ4v) is 3.17. The van der Waals surface area contributed by atoms with Gasteiger partial charge in [0.2, 0.25) is 0 Å². The van der Waals surface area contributed by atoms with Crippen molar-refractivity contribution in [3.8, 4) is 0 Å². The summed E-state index contributed by atoms with van der Waals surface area (Å²) in [6.07, 6.45) is 1.64. The van der Waals surface area contributed by atoms with Crippen LogP contribution >= 0.6 is 11.3 Å². The first kappa shape index (κ1) is 14.3. The van der Waals surface area contributed by atoms with Crippen molar-refractivity contribution in [3.63, 3.8) is 0 Å². The van der Waals surface area contributed by atoms with E-state index in [2.05, 4.69) is 39.0 Å². The van der Waals surface area contributed by atoms with Gasteiger partial charge >= 0.3 is 0 Å². The van der Waals surface area contributed by atoms with Gasteiger partial charge in [0, 0.05) is 9.75 Å². The first-order chi connectivity index (χ1) is 9.10. The average Bonchev–Trinajstić information content (AvgIpc) is 2.87. The van der Waals surface area contributed by atoms with Gasteiger partial charge in [-0.3, -0.25) is 0 Å². The molecule has 0 bridgehead atoms. The summed E-state index contributed by atoms with van der Waals surface area (Å²) in [5, 5.41) is 10.4. The van der Waals surface area contributed by atoms with Gasteiger partial charge in [0.15, 0.2) is 0 Å². The van der Waals surface area contributed by atoms with E-state index >= 15 is 0 Å². The molecule has 0 spiro atoms. The van der Waals surface area contributed by atoms with Crippen molar-refractivity contribution in [1.29, 1.82) is 0 Å². The Bertz CT molecular complexity index is 510. The molecular weight excluding hydrogens is 252 g/mol. The summed E-state index contributed by atoms with van der Waals surface area (Å²) < 4.78 is 0. The second-order valence-electron chi connectivity index (χ2n) is 5.40. The van der Waals surface area contributed by atoms with Gasteiger partial charge in [0.05, 0.1) is 0 Å². The minimum absolute atomic E-state index is 0.488. The van der Waals surface area contributed by atoms with Crippen LogP contribution in [0.1, 0.15) is 47.8 Å². The first-order valence-corrected chi connectivity index (χ1v) is 7.77. The molecule has 0 aliphatic carbocycles. The van der Waals surface area contributed by atoms with Gasteiger partial charge < -0.3 is 5.11 Å². The maximum absolute atomic E-state index is 10.4. The van der Waals surface area contributed by atoms with Crippen molar-refractivity contribution < 1.29 is 5.11 Å². The van der Waals surface area contributed by atoms with E-state index in [1.165, 1.54) is 10.4 Å². The summed E-state index contributed by atoms with van der Waals surface area (Å²) in [6.45, 7) is 6.59. The van der Waals surface area contributed by atoms with Gasteiger partial charge in [-0.25, -0.2) is 0 Å². The van der Waals surface area contributed by atoms with E-state index < -0.39 is 6.10 Å². The molecule has 1 aromatic heterocycles. The number of aliphatic hydroxyl groups is 1. The summed E-state index contributed by atoms with van der Waals surface area (Å²) in [5.74, 6) is 0.667. The monoisotopic (exact) mass is 274 g/mol. The molecule has 1 N–H and O–H groups in total. The lowest BCUT2D eigenvalue weighted by molar-refractivity contribution is 0.224. The van der Waals surface area contributed by atoms with Gasteiger partial charge in [0.1, 0.15) is 6.10 Å². The summed E-state index contributed by atoms with van der Waals surface area (Å²) in [6, 6.07) is 12.5. The van der Waals surface area contributed by atoms with Crippen LogP contribution in [-0.4, -0.2) is 5.11 Å². The zero-order valence-electron chi connectivity index (χ0n) is 11.9. The predicted octanol–water partition coefficient (Wildman–Crippen LogP) is 4.59. The molecule has 2 heteroatoms. The highest BCUT2D eigenvalue weighted by molar-refractivity contribution is 7.12. The van der Waals surface area contributed by atoms with E-state index in [-0.39, 0.29) is 0 Å². The number of thiophene rings is 1. The zero-order chi connectivity index (χ0) is 13.8. The lowest BCUT2D eigenvalue weighted by Gasteiger charge is -2.11. The van der Waals surface area contributed by atoms with Crippen molar-refractivity contribution in [1.82, 2.24) is 0 Å². The van der Waals surface area contributed by atoms with Crippen LogP contribution in [0.25, 0.3) is 0 Å². The Morgan fingerprint density at radius 2 is 1.74 bits per heavy atom. The van der Waals surface area contributed by atoms with E-state index in [1.54, 1.807) is 11.3 Å². The van der Waals surface area contributed by atoms with E-state index in [9.17, 15) is 5.11 Å². The zero-order valence-corrected chi connectivity index (χ0v) is 12.7. The summed E-state index contributed by atoms with van der Waals surface area (Å²) in [5.41, 5.74) is 2.32. The molecule has 1 unspecified atom stereocenters. The highest BCUT2D eigenvalue weighted by Gasteiger charge is 2.12. The molecule has 19 heavy (non-hydrogen) atoms. The molecule has 1 atom stereocenters. The summed E-state index contributed by atoms with van der Waals surface area (Å²) >= 11 is 1.70. The molecule has 0 aliphatic rings. The van der Waals surface area contributed by atoms with Crippen LogP contribution in [0.15, 0.2) is 36.4 Å². The maximum atomic E-state index is 10.4. The van der Waals surface area contributed by atoms with Gasteiger partial charge in [-0.05, 0) is 42.0 Å². The van der Waals surface area contributed by atoms with E-state index in [0.717, 1.165) is 23.3 Å². The van der Waals surface area contributed by atoms with Crippen LogP contribution < -0.4 is 0 Å². The standard InChI is InChI=1S/C17H22OS/c1-4-15-9-10-16(19-15)17(18)14-7-5-13(6-8-14)11-12(2)3/h5-10,12,17-18H,4,11H2,1-3H3. The van der Waals surface area contributed by atoms with Crippen LogP contribution in [0, 0.1) is 5.92 Å². The molecule has 0 amide bonds. The first-order valence-electron chi connectivity index (χ1n) is 6.95. The molecular formula is C17H22OS. The number of aliphatic hydroxyl groups excluding tert-OH is 1. The van der Waals surface area contributed by atoms with Crippen molar-refractivity contribution in [2.45, 2.75) is 39.7 Å². The second kappa shape index (κ2) is 6.36. The molecule has 0 saturated carbocycles. The normalized spacial score (nSPS) is 12.9. The second-order valence-corrected chi connectivity index (χ2v) is 6.60. The molecule has 0 saturated heterocycles. The van der Waals surface area contributed by atoms with Crippen LogP contribution in [0.5, 0.6) is 0 Å². The average molecular weight is 274 g/mol. The number of aryl methyl sites for hydroxylation is 1. The van der Waals surface area contributed by atoms with Crippen LogP contribution in [0.3, 0.4) is 0 Å². The lowest BCUT2D eigenvalue weighted by Crippen LogP contribution is -1.98. The Morgan fingerprint density at radius 3 is 2.26 bits per heavy atom. The Kier molecular flexibility index (Phi) is 4.78. The van der Waals surface area contributed by atoms with Gasteiger partial charge in [0.25, 0.3) is 0 Å². The van der Waals surface area contributed by atoms with Gasteiger partial charge in [-0.15, -0.1) is 11.3 Å². The third kappa shape index (κ3) is 3.68. The van der Waals surface area contributed by atoms with E-state index in [0.29, 0.717) is 5.92 Å². The molecule has 0 fully saturated rings. The third-order valence-corrected chi connectivity index (χ3v) is 4.52. The van der Waals surface area contributed by atoms with Crippen molar-refractivity contribution in [2.75, 3.05) is 0 Å². The minimum atomic E-state index is -0.488. The van der Waals surface area contributed by atoms with Crippen LogP contribution in [0.4, 0.5) is 0 Å². The number of rotatable bonds is 5. The fraction of sp³-hybridized carbons (Fsp3) is 0.412. The summed E-state index contributed by atoms with van der Waals surface area (Å²) in [4.78, 5) is 2.36. The molecule has 2 rings (SSSR count). The quantitative estimate of drug-likeness (QED) is 0.845. The Morgan fingerprint density at radius 1 is 1.05 bits per heavy atom. The van der Waals surface area contributed by atoms with Crippen LogP contribution in [-0.2, 0) is 12.8 Å². The molecule has 1 heterocycles. The smallest absolute Gasteiger partial charge is 0.113 e. The van der Waals surface area contributed by atoms with Gasteiger partial charge in [-0.2, -0.15) is 0 Å². The molecule has 1 nitrogen and oxygen atoms in total. The Balaban J connectivity index is 2.12. The van der Waals surface area contributed by atoms with Crippen LogP contribution in [0.2, 0.25) is 0 Å². The number of benzene rings is 1. The van der Waals surface area contributed by atoms with E-state index in [4.69, 9.17) is 0 Å². The van der Waals surface area contributed by atoms with Crippen molar-refractivity contribution in [3.05, 3.63) is 57.3 Å². The molecule has 2 aromatic rings.